The van der Waals surface area contributed by atoms with E-state index in [1.165, 1.54) is 83.5 Å². The van der Waals surface area contributed by atoms with E-state index in [9.17, 15) is 0 Å². The van der Waals surface area contributed by atoms with Gasteiger partial charge in [0.15, 0.2) is 0 Å². The van der Waals surface area contributed by atoms with Crippen LogP contribution in [-0.2, 0) is 16.2 Å². The van der Waals surface area contributed by atoms with Crippen molar-refractivity contribution in [2.75, 3.05) is 0 Å². The Morgan fingerprint density at radius 1 is 0.356 bits per heavy atom. The molecule has 214 valence electrons. The number of fused-ring (bicyclic) bond motifs is 9. The van der Waals surface area contributed by atoms with E-state index in [2.05, 4.69) is 155 Å². The zero-order valence-corrected chi connectivity index (χ0v) is 26.2. The third-order valence-corrected chi connectivity index (χ3v) is 13.4. The van der Waals surface area contributed by atoms with Crippen molar-refractivity contribution < 1.29 is 0 Å². The molecule has 0 N–H and O–H groups in total. The molecule has 0 aliphatic heterocycles. The molecule has 0 radical (unpaired) electrons. The number of rotatable bonds is 1. The molecule has 0 saturated carbocycles. The first kappa shape index (κ1) is 24.6. The summed E-state index contributed by atoms with van der Waals surface area (Å²) < 4.78 is 0. The number of hydrogen-bond donors (Lipinski definition) is 0. The molecule has 5 aliphatic rings. The van der Waals surface area contributed by atoms with Crippen LogP contribution in [0.25, 0.3) is 0 Å². The van der Waals surface area contributed by atoms with Crippen LogP contribution in [0.4, 0.5) is 0 Å². The van der Waals surface area contributed by atoms with Gasteiger partial charge < -0.3 is 0 Å². The Kier molecular flexibility index (Phi) is 4.05. The molecule has 6 aromatic rings. The average Bonchev–Trinajstić information content (AvgIpc) is 3.72. The highest BCUT2D eigenvalue weighted by molar-refractivity contribution is 5.92. The van der Waals surface area contributed by atoms with Crippen molar-refractivity contribution in [2.45, 2.75) is 49.9 Å². The minimum Gasteiger partial charge on any atom is -0.0620 e. The van der Waals surface area contributed by atoms with Crippen molar-refractivity contribution in [1.82, 2.24) is 0 Å². The zero-order valence-electron chi connectivity index (χ0n) is 26.2. The number of hydrogen-bond acceptors (Lipinski definition) is 0. The van der Waals surface area contributed by atoms with Crippen molar-refractivity contribution in [3.8, 4) is 0 Å². The first-order chi connectivity index (χ1) is 22.0. The second-order valence-corrected chi connectivity index (χ2v) is 14.5. The molecular formula is C45H34. The van der Waals surface area contributed by atoms with Gasteiger partial charge in [-0.25, -0.2) is 0 Å². The fourth-order valence-corrected chi connectivity index (χ4v) is 12.2. The van der Waals surface area contributed by atoms with Gasteiger partial charge in [-0.2, -0.15) is 0 Å². The molecule has 0 saturated heterocycles. The van der Waals surface area contributed by atoms with Crippen molar-refractivity contribution in [3.05, 3.63) is 211 Å². The predicted molar refractivity (Wildman–Crippen MR) is 182 cm³/mol. The SMILES string of the molecule is Cc1ccc(C23c4ccccc4[C@@]45c6ccccc6C6c7ccccc7[C@@](c7ccccc72)(c2cc(C)c(C)cc24)C635)cc1C. The third-order valence-electron chi connectivity index (χ3n) is 13.4. The van der Waals surface area contributed by atoms with E-state index in [0.29, 0.717) is 0 Å². The summed E-state index contributed by atoms with van der Waals surface area (Å²) in [6.07, 6.45) is 0. The van der Waals surface area contributed by atoms with Crippen molar-refractivity contribution >= 4 is 0 Å². The highest BCUT2D eigenvalue weighted by Gasteiger charge is 2.92. The van der Waals surface area contributed by atoms with E-state index in [1.807, 2.05) is 0 Å². The lowest BCUT2D eigenvalue weighted by molar-refractivity contribution is 0.125. The molecule has 0 amide bonds. The monoisotopic (exact) mass is 574 g/mol. The number of aryl methyl sites for hydroxylation is 4. The van der Waals surface area contributed by atoms with E-state index >= 15 is 0 Å². The topological polar surface area (TPSA) is 0 Å². The summed E-state index contributed by atoms with van der Waals surface area (Å²) in [6.45, 7) is 9.21. The molecule has 3 unspecified atom stereocenters. The van der Waals surface area contributed by atoms with E-state index < -0.39 is 0 Å². The van der Waals surface area contributed by atoms with E-state index in [4.69, 9.17) is 0 Å². The predicted octanol–water partition coefficient (Wildman–Crippen LogP) is 9.71. The van der Waals surface area contributed by atoms with Crippen LogP contribution < -0.4 is 0 Å². The van der Waals surface area contributed by atoms with Crippen LogP contribution in [-0.4, -0.2) is 0 Å². The van der Waals surface area contributed by atoms with Crippen LogP contribution in [0.2, 0.25) is 0 Å². The van der Waals surface area contributed by atoms with E-state index in [0.717, 1.165) is 0 Å². The van der Waals surface area contributed by atoms with Gasteiger partial charge in [-0.15, -0.1) is 0 Å². The minimum absolute atomic E-state index is 0.235. The molecule has 0 heteroatoms. The van der Waals surface area contributed by atoms with Crippen molar-refractivity contribution in [3.63, 3.8) is 0 Å². The highest BCUT2D eigenvalue weighted by Crippen LogP contribution is 2.94. The summed E-state index contributed by atoms with van der Waals surface area (Å²) in [5.74, 6) is 0.235. The second kappa shape index (κ2) is 7.40. The largest absolute Gasteiger partial charge is 0.0620 e. The molecule has 0 nitrogen and oxygen atoms in total. The maximum Gasteiger partial charge on any atom is 0.0556 e. The van der Waals surface area contributed by atoms with Crippen LogP contribution in [0.3, 0.4) is 0 Å². The average molecular weight is 575 g/mol. The first-order valence-corrected chi connectivity index (χ1v) is 16.6. The standard InChI is InChI=1S/C45H34/c1-26-21-22-30(23-27(26)2)42-35-17-9-11-19-37(35)43-33-15-7-5-13-31(33)41-32-14-6-8-16-34(32)44(45(41,42)43,38-20-12-10-18-36(38)42)40-25-29(4)28(3)24-39(40)43/h5-25,41H,1-4H3/t41?,42?,43-,44+,45?. The van der Waals surface area contributed by atoms with Crippen LogP contribution in [0.1, 0.15) is 89.4 Å². The first-order valence-electron chi connectivity index (χ1n) is 16.6. The molecule has 5 atom stereocenters. The van der Waals surface area contributed by atoms with Gasteiger partial charge in [0.25, 0.3) is 0 Å². The summed E-state index contributed by atoms with van der Waals surface area (Å²) in [7, 11) is 0. The molecule has 0 aromatic heterocycles. The molecule has 0 bridgehead atoms. The molecule has 6 aromatic carbocycles. The fraction of sp³-hybridized carbons (Fsp3) is 0.200. The quantitative estimate of drug-likeness (QED) is 0.183. The van der Waals surface area contributed by atoms with Gasteiger partial charge in [0.1, 0.15) is 0 Å². The summed E-state index contributed by atoms with van der Waals surface area (Å²) >= 11 is 0. The smallest absolute Gasteiger partial charge is 0.0556 e. The molecule has 0 heterocycles. The van der Waals surface area contributed by atoms with Gasteiger partial charge in [0.05, 0.1) is 16.2 Å². The Balaban J connectivity index is 1.53. The van der Waals surface area contributed by atoms with Gasteiger partial charge >= 0.3 is 0 Å². The lowest BCUT2D eigenvalue weighted by atomic mass is 9.47. The van der Waals surface area contributed by atoms with Crippen LogP contribution in [0.5, 0.6) is 0 Å². The van der Waals surface area contributed by atoms with Crippen molar-refractivity contribution in [2.24, 2.45) is 5.41 Å². The summed E-state index contributed by atoms with van der Waals surface area (Å²) in [5.41, 5.74) is 20.9. The van der Waals surface area contributed by atoms with Crippen LogP contribution in [0.15, 0.2) is 127 Å². The molecule has 0 fully saturated rings. The van der Waals surface area contributed by atoms with Gasteiger partial charge in [0.2, 0.25) is 0 Å². The van der Waals surface area contributed by atoms with E-state index in [1.54, 1.807) is 0 Å². The molecule has 1 spiro atoms. The van der Waals surface area contributed by atoms with Gasteiger partial charge in [-0.1, -0.05) is 127 Å². The Bertz CT molecular complexity index is 2190. The van der Waals surface area contributed by atoms with Crippen LogP contribution in [0, 0.1) is 33.1 Å². The summed E-state index contributed by atoms with van der Waals surface area (Å²) in [5, 5.41) is 0. The molecular weight excluding hydrogens is 540 g/mol. The third kappa shape index (κ3) is 2.05. The maximum atomic E-state index is 2.61. The Morgan fingerprint density at radius 2 is 0.756 bits per heavy atom. The second-order valence-electron chi connectivity index (χ2n) is 14.5. The van der Waals surface area contributed by atoms with Gasteiger partial charge in [0, 0.05) is 11.3 Å². The van der Waals surface area contributed by atoms with E-state index in [-0.39, 0.29) is 27.6 Å². The Morgan fingerprint density at radius 3 is 1.22 bits per heavy atom. The number of benzene rings is 6. The lowest BCUT2D eigenvalue weighted by Crippen LogP contribution is -2.55. The van der Waals surface area contributed by atoms with Crippen LogP contribution >= 0.6 is 0 Å². The van der Waals surface area contributed by atoms with Gasteiger partial charge in [-0.05, 0) is 111 Å². The Hall–Kier alpha value is -4.68. The zero-order chi connectivity index (χ0) is 30.1. The normalized spacial score (nSPS) is 29.5. The van der Waals surface area contributed by atoms with Crippen molar-refractivity contribution in [1.29, 1.82) is 0 Å². The summed E-state index contributed by atoms with van der Waals surface area (Å²) in [6, 6.07) is 51.0. The maximum absolute atomic E-state index is 2.61. The summed E-state index contributed by atoms with van der Waals surface area (Å²) in [4.78, 5) is 0. The molecule has 45 heavy (non-hydrogen) atoms. The molecule has 5 aliphatic carbocycles. The highest BCUT2D eigenvalue weighted by atomic mass is 14.9. The fourth-order valence-electron chi connectivity index (χ4n) is 12.2. The molecule has 11 rings (SSSR count). The lowest BCUT2D eigenvalue weighted by Gasteiger charge is -2.51. The van der Waals surface area contributed by atoms with Gasteiger partial charge in [-0.3, -0.25) is 0 Å². The Labute approximate surface area is 265 Å². The minimum atomic E-state index is -0.359.